The predicted molar refractivity (Wildman–Crippen MR) is 80.8 cm³/mol. The van der Waals surface area contributed by atoms with Gasteiger partial charge in [0.05, 0.1) is 23.7 Å². The Bertz CT molecular complexity index is 896. The van der Waals surface area contributed by atoms with Crippen molar-refractivity contribution in [2.75, 3.05) is 12.8 Å². The van der Waals surface area contributed by atoms with E-state index >= 15 is 0 Å². The Morgan fingerprint density at radius 2 is 2.08 bits per heavy atom. The van der Waals surface area contributed by atoms with Crippen LogP contribution in [0.15, 0.2) is 17.1 Å². The Kier molecular flexibility index (Phi) is 3.90. The number of hydrogen-bond acceptors (Lipinski definition) is 5. The van der Waals surface area contributed by atoms with Crippen LogP contribution in [0.3, 0.4) is 0 Å². The zero-order valence-corrected chi connectivity index (χ0v) is 12.5. The summed E-state index contributed by atoms with van der Waals surface area (Å²) in [7, 11) is -2.13. The number of hydrogen-bond donors (Lipinski definition) is 1. The molecule has 1 saturated carbocycles. The number of ether oxygens (including phenoxy) is 1. The molecule has 1 aromatic carbocycles. The van der Waals surface area contributed by atoms with E-state index in [4.69, 9.17) is 10.5 Å². The molecule has 0 spiro atoms. The number of rotatable bonds is 4. The van der Waals surface area contributed by atoms with Gasteiger partial charge in [-0.25, -0.2) is 17.8 Å². The zero-order chi connectivity index (χ0) is 17.6. The maximum Gasteiger partial charge on any atom is 0.798 e. The molecule has 0 bridgehead atoms. The molecular weight excluding hydrogens is 328 g/mol. The van der Waals surface area contributed by atoms with Gasteiger partial charge in [0.25, 0.3) is 0 Å². The van der Waals surface area contributed by atoms with E-state index < -0.39 is 30.2 Å². The first kappa shape index (κ1) is 16.2. The van der Waals surface area contributed by atoms with Crippen LogP contribution in [-0.4, -0.2) is 25.1 Å². The first-order chi connectivity index (χ1) is 11.3. The number of carbonyl (C=O) groups excluding carboxylic acids is 1. The highest BCUT2D eigenvalue weighted by atomic mass is 19.2. The second kappa shape index (κ2) is 5.77. The Morgan fingerprint density at radius 3 is 2.62 bits per heavy atom. The number of nitrogens with zero attached hydrogens (tertiary/aromatic N) is 1. The van der Waals surface area contributed by atoms with Gasteiger partial charge in [-0.2, -0.15) is 0 Å². The van der Waals surface area contributed by atoms with Gasteiger partial charge in [-0.3, -0.25) is 4.79 Å². The fourth-order valence-electron chi connectivity index (χ4n) is 2.60. The number of fused-ring (bicyclic) bond motifs is 1. The number of pyridine rings is 1. The summed E-state index contributed by atoms with van der Waals surface area (Å²) in [5.41, 5.74) is 3.88. The number of anilines is 1. The van der Waals surface area contributed by atoms with Gasteiger partial charge in [0, 0.05) is 12.2 Å². The molecule has 1 aliphatic carbocycles. The highest BCUT2D eigenvalue weighted by molar-refractivity contribution is 6.38. The fourth-order valence-corrected chi connectivity index (χ4v) is 2.60. The van der Waals surface area contributed by atoms with E-state index in [1.165, 1.54) is 11.7 Å². The Hall–Kier alpha value is -2.65. The van der Waals surface area contributed by atoms with Crippen LogP contribution in [-0.2, 0) is 4.65 Å². The summed E-state index contributed by atoms with van der Waals surface area (Å²) in [4.78, 5) is 24.3. The van der Waals surface area contributed by atoms with Crippen molar-refractivity contribution >= 4 is 30.0 Å². The molecule has 0 unspecified atom stereocenters. The van der Waals surface area contributed by atoms with E-state index in [-0.39, 0.29) is 28.4 Å². The third kappa shape index (κ3) is 2.57. The van der Waals surface area contributed by atoms with Crippen molar-refractivity contribution in [1.29, 1.82) is 0 Å². The number of benzene rings is 1. The number of carbonyl (C=O) groups is 1. The molecule has 0 saturated heterocycles. The second-order valence-electron chi connectivity index (χ2n) is 5.39. The number of aromatic nitrogens is 1. The number of halogens is 3. The maximum atomic E-state index is 14.2. The molecular formula is C14H12BF3N2O4. The smallest absolute Gasteiger partial charge is 0.491 e. The van der Waals surface area contributed by atoms with Crippen LogP contribution in [0.1, 0.15) is 29.2 Å². The molecule has 2 aromatic rings. The lowest BCUT2D eigenvalue weighted by Gasteiger charge is -2.16. The fraction of sp³-hybridized carbons (Fsp3) is 0.286. The van der Waals surface area contributed by atoms with Gasteiger partial charge in [-0.05, 0) is 18.9 Å². The van der Waals surface area contributed by atoms with Crippen molar-refractivity contribution in [1.82, 2.24) is 4.57 Å². The lowest BCUT2D eigenvalue weighted by molar-refractivity contribution is 0.0693. The summed E-state index contributed by atoms with van der Waals surface area (Å²) in [5.74, 6) is -2.52. The summed E-state index contributed by atoms with van der Waals surface area (Å²) in [5, 5.41) is -0.0960. The summed E-state index contributed by atoms with van der Waals surface area (Å²) in [6.07, 6.45) is 2.57. The van der Waals surface area contributed by atoms with Crippen LogP contribution in [0.2, 0.25) is 0 Å². The quantitative estimate of drug-likeness (QED) is 0.681. The minimum Gasteiger partial charge on any atom is -0.491 e. The third-order valence-electron chi connectivity index (χ3n) is 3.80. The van der Waals surface area contributed by atoms with Gasteiger partial charge in [-0.15, -0.1) is 0 Å². The molecule has 0 amide bonds. The lowest BCUT2D eigenvalue weighted by atomic mass is 10.1. The number of nitrogens with two attached hydrogens (primary N) is 1. The minimum atomic E-state index is -3.35. The summed E-state index contributed by atoms with van der Waals surface area (Å²) in [6.45, 7) is 0. The van der Waals surface area contributed by atoms with Crippen LogP contribution in [0.25, 0.3) is 10.9 Å². The van der Waals surface area contributed by atoms with Crippen molar-refractivity contribution < 1.29 is 27.2 Å². The molecule has 10 heteroatoms. The van der Waals surface area contributed by atoms with Gasteiger partial charge in [0.15, 0.2) is 11.6 Å². The van der Waals surface area contributed by atoms with Crippen LogP contribution < -0.4 is 15.9 Å². The molecule has 1 fully saturated rings. The van der Waals surface area contributed by atoms with Crippen molar-refractivity contribution in [2.45, 2.75) is 18.9 Å². The average Bonchev–Trinajstić information content (AvgIpc) is 3.34. The molecule has 126 valence electrons. The molecule has 0 atom stereocenters. The van der Waals surface area contributed by atoms with Gasteiger partial charge in [0.1, 0.15) is 5.56 Å². The first-order valence-electron chi connectivity index (χ1n) is 7.05. The predicted octanol–water partition coefficient (Wildman–Crippen LogP) is 2.15. The summed E-state index contributed by atoms with van der Waals surface area (Å²) >= 11 is 0. The van der Waals surface area contributed by atoms with E-state index in [1.807, 2.05) is 0 Å². The molecule has 1 aromatic heterocycles. The van der Waals surface area contributed by atoms with Crippen molar-refractivity contribution in [2.24, 2.45) is 0 Å². The SMILES string of the molecule is COc1c(F)c(N)cc2c(=O)c(C(=O)OB(F)F)cn(C3CC3)c12. The third-order valence-corrected chi connectivity index (χ3v) is 3.80. The normalized spacial score (nSPS) is 13.8. The standard InChI is InChI=1S/C14H12BF3N2O4/c1-23-13-10(16)9(19)4-7-11(13)20(6-2-3-6)5-8(12(7)21)14(22)24-15(17)18/h4-6H,2-3,19H2,1H3. The minimum absolute atomic E-state index is 0.0943. The van der Waals surface area contributed by atoms with Crippen LogP contribution in [0, 0.1) is 5.82 Å². The average molecular weight is 340 g/mol. The van der Waals surface area contributed by atoms with Crippen LogP contribution >= 0.6 is 0 Å². The second-order valence-corrected chi connectivity index (χ2v) is 5.39. The van der Waals surface area contributed by atoms with Gasteiger partial charge >= 0.3 is 13.4 Å². The molecule has 6 nitrogen and oxygen atoms in total. The Balaban J connectivity index is 2.35. The molecule has 24 heavy (non-hydrogen) atoms. The van der Waals surface area contributed by atoms with Crippen molar-refractivity contribution in [3.8, 4) is 5.75 Å². The van der Waals surface area contributed by atoms with Crippen molar-refractivity contribution in [3.05, 3.63) is 33.9 Å². The van der Waals surface area contributed by atoms with Gasteiger partial charge in [0.2, 0.25) is 5.43 Å². The number of nitrogen functional groups attached to an aromatic ring is 1. The molecule has 1 heterocycles. The van der Waals surface area contributed by atoms with Crippen LogP contribution in [0.5, 0.6) is 5.75 Å². The van der Waals surface area contributed by atoms with Gasteiger partial charge in [-0.1, -0.05) is 0 Å². The highest BCUT2D eigenvalue weighted by Crippen LogP contribution is 2.41. The monoisotopic (exact) mass is 340 g/mol. The molecule has 2 N–H and O–H groups in total. The molecule has 0 radical (unpaired) electrons. The van der Waals surface area contributed by atoms with E-state index in [1.54, 1.807) is 0 Å². The van der Waals surface area contributed by atoms with E-state index in [2.05, 4.69) is 4.65 Å². The van der Waals surface area contributed by atoms with Crippen LogP contribution in [0.4, 0.5) is 18.7 Å². The van der Waals surface area contributed by atoms with E-state index in [9.17, 15) is 22.6 Å². The van der Waals surface area contributed by atoms with E-state index in [0.29, 0.717) is 0 Å². The lowest BCUT2D eigenvalue weighted by Crippen LogP contribution is -2.24. The van der Waals surface area contributed by atoms with Gasteiger partial charge < -0.3 is 19.7 Å². The Labute approximate surface area is 134 Å². The summed E-state index contributed by atoms with van der Waals surface area (Å²) in [6, 6.07) is 0.969. The summed E-state index contributed by atoms with van der Waals surface area (Å²) < 4.78 is 49.1. The van der Waals surface area contributed by atoms with E-state index in [0.717, 1.165) is 25.1 Å². The zero-order valence-electron chi connectivity index (χ0n) is 12.5. The molecule has 1 aliphatic rings. The largest absolute Gasteiger partial charge is 0.798 e. The topological polar surface area (TPSA) is 83.6 Å². The molecule has 0 aliphatic heterocycles. The highest BCUT2D eigenvalue weighted by Gasteiger charge is 2.31. The first-order valence-corrected chi connectivity index (χ1v) is 7.05. The maximum absolute atomic E-state index is 14.2. The Morgan fingerprint density at radius 1 is 1.42 bits per heavy atom. The molecule has 3 rings (SSSR count). The number of methoxy groups -OCH3 is 1. The van der Waals surface area contributed by atoms with Crippen molar-refractivity contribution in [3.63, 3.8) is 0 Å².